The fourth-order valence-corrected chi connectivity index (χ4v) is 2.86. The lowest BCUT2D eigenvalue weighted by Gasteiger charge is -2.14. The molecule has 0 radical (unpaired) electrons. The maximum atomic E-state index is 15.5. The van der Waals surface area contributed by atoms with Crippen LogP contribution in [0.1, 0.15) is 13.9 Å². The average molecular weight is 387 g/mol. The number of anilines is 1. The molecule has 0 aromatic heterocycles. The zero-order valence-corrected chi connectivity index (χ0v) is 15.2. The summed E-state index contributed by atoms with van der Waals surface area (Å²) in [7, 11) is 1.42. The Morgan fingerprint density at radius 2 is 1.96 bits per heavy atom. The summed E-state index contributed by atoms with van der Waals surface area (Å²) < 4.78 is 37.9. The number of rotatable bonds is 5. The Morgan fingerprint density at radius 3 is 2.59 bits per heavy atom. The van der Waals surface area contributed by atoms with Gasteiger partial charge in [0.1, 0.15) is 11.6 Å². The molecule has 0 heterocycles. The number of carbonyl (C=O) groups is 1. The van der Waals surface area contributed by atoms with E-state index in [1.54, 1.807) is 24.3 Å². The number of amides is 2. The molecule has 3 aromatic carbocycles. The van der Waals surface area contributed by atoms with Gasteiger partial charge in [-0.05, 0) is 47.0 Å². The lowest BCUT2D eigenvalue weighted by atomic mass is 9.97. The number of hydrogen-bond donors (Lipinski definition) is 2. The Morgan fingerprint density at radius 1 is 1.22 bits per heavy atom. The molecule has 4 nitrogen and oxygen atoms in total. The average Bonchev–Trinajstić information content (AvgIpc) is 2.67. The zero-order valence-electron chi connectivity index (χ0n) is 16.4. The van der Waals surface area contributed by atoms with Crippen LogP contribution in [0, 0.1) is 5.82 Å². The van der Waals surface area contributed by atoms with Gasteiger partial charge in [0.05, 0.1) is 12.7 Å². The summed E-state index contributed by atoms with van der Waals surface area (Å²) >= 11 is 6.04. The van der Waals surface area contributed by atoms with Crippen molar-refractivity contribution in [3.63, 3.8) is 0 Å². The minimum atomic E-state index is -2.14. The van der Waals surface area contributed by atoms with Crippen molar-refractivity contribution >= 4 is 23.3 Å². The first-order valence-corrected chi connectivity index (χ1v) is 8.41. The number of ether oxygens (including phenoxy) is 1. The van der Waals surface area contributed by atoms with Crippen LogP contribution in [0.5, 0.6) is 5.75 Å². The lowest BCUT2D eigenvalue weighted by molar-refractivity contribution is 0.259. The summed E-state index contributed by atoms with van der Waals surface area (Å²) in [6, 6.07) is 14.7. The summed E-state index contributed by atoms with van der Waals surface area (Å²) in [5, 5.41) is 2.82. The third-order valence-electron chi connectivity index (χ3n) is 3.87. The van der Waals surface area contributed by atoms with Crippen molar-refractivity contribution < 1.29 is 16.7 Å². The summed E-state index contributed by atoms with van der Waals surface area (Å²) in [5.41, 5.74) is 6.16. The standard InChI is InChI=1S/C21H18ClFN2O2/c1-27-18-10-7-15(11-13-5-8-17(9-6-13)25-21(24)26)20(23)19(18)14-3-2-4-16(22)12-14/h2-10,12H,11H2,1H3,(H3,24,25,26)/i11D2. The van der Waals surface area contributed by atoms with Crippen molar-refractivity contribution in [3.8, 4) is 16.9 Å². The predicted molar refractivity (Wildman–Crippen MR) is 106 cm³/mol. The Kier molecular flexibility index (Phi) is 4.84. The van der Waals surface area contributed by atoms with Crippen LogP contribution in [-0.4, -0.2) is 13.1 Å². The number of methoxy groups -OCH3 is 1. The maximum absolute atomic E-state index is 15.5. The van der Waals surface area contributed by atoms with E-state index in [9.17, 15) is 4.79 Å². The molecule has 0 spiro atoms. The number of urea groups is 1. The maximum Gasteiger partial charge on any atom is 0.316 e. The van der Waals surface area contributed by atoms with Gasteiger partial charge in [0.15, 0.2) is 0 Å². The van der Waals surface area contributed by atoms with Gasteiger partial charge in [0, 0.05) is 19.8 Å². The van der Waals surface area contributed by atoms with Crippen LogP contribution in [0.15, 0.2) is 60.7 Å². The van der Waals surface area contributed by atoms with Crippen molar-refractivity contribution in [1.82, 2.24) is 0 Å². The molecule has 0 aliphatic carbocycles. The smallest absolute Gasteiger partial charge is 0.316 e. The Balaban J connectivity index is 2.10. The number of carbonyl (C=O) groups excluding carboxylic acids is 1. The van der Waals surface area contributed by atoms with Gasteiger partial charge in [-0.1, -0.05) is 41.9 Å². The molecule has 0 unspecified atom stereocenters. The second-order valence-corrected chi connectivity index (χ2v) is 6.14. The molecule has 27 heavy (non-hydrogen) atoms. The summed E-state index contributed by atoms with van der Waals surface area (Å²) in [4.78, 5) is 10.9. The molecular weight excluding hydrogens is 367 g/mol. The van der Waals surface area contributed by atoms with Gasteiger partial charge in [-0.15, -0.1) is 0 Å². The summed E-state index contributed by atoms with van der Waals surface area (Å²) in [5.74, 6) is -0.471. The number of halogens is 2. The topological polar surface area (TPSA) is 64.3 Å². The van der Waals surface area contributed by atoms with Crippen LogP contribution in [0.4, 0.5) is 14.9 Å². The molecule has 0 saturated heterocycles. The van der Waals surface area contributed by atoms with Crippen molar-refractivity contribution in [2.45, 2.75) is 6.37 Å². The molecule has 3 N–H and O–H groups in total. The van der Waals surface area contributed by atoms with E-state index in [1.165, 1.54) is 43.5 Å². The minimum Gasteiger partial charge on any atom is -0.496 e. The van der Waals surface area contributed by atoms with Crippen LogP contribution in [0.3, 0.4) is 0 Å². The third kappa shape index (κ3) is 4.38. The van der Waals surface area contributed by atoms with Gasteiger partial charge >= 0.3 is 6.03 Å². The van der Waals surface area contributed by atoms with Crippen LogP contribution in [0.2, 0.25) is 5.02 Å². The quantitative estimate of drug-likeness (QED) is 0.630. The van der Waals surface area contributed by atoms with E-state index in [0.717, 1.165) is 0 Å². The van der Waals surface area contributed by atoms with E-state index in [-0.39, 0.29) is 22.4 Å². The van der Waals surface area contributed by atoms with Crippen LogP contribution in [0.25, 0.3) is 11.1 Å². The highest BCUT2D eigenvalue weighted by atomic mass is 35.5. The van der Waals surface area contributed by atoms with Crippen molar-refractivity contribution in [2.75, 3.05) is 12.4 Å². The molecule has 3 rings (SSSR count). The van der Waals surface area contributed by atoms with Crippen molar-refractivity contribution in [1.29, 1.82) is 0 Å². The van der Waals surface area contributed by atoms with Crippen LogP contribution < -0.4 is 15.8 Å². The van der Waals surface area contributed by atoms with Crippen molar-refractivity contribution in [3.05, 3.63) is 82.6 Å². The Hall–Kier alpha value is -3.05. The van der Waals surface area contributed by atoms with E-state index < -0.39 is 18.2 Å². The third-order valence-corrected chi connectivity index (χ3v) is 4.10. The number of nitrogens with one attached hydrogen (secondary N) is 1. The largest absolute Gasteiger partial charge is 0.496 e. The molecule has 0 aliphatic heterocycles. The van der Waals surface area contributed by atoms with Gasteiger partial charge < -0.3 is 15.8 Å². The van der Waals surface area contributed by atoms with E-state index in [0.29, 0.717) is 16.3 Å². The molecule has 3 aromatic rings. The molecule has 138 valence electrons. The number of hydrogen-bond acceptors (Lipinski definition) is 2. The van der Waals surface area contributed by atoms with Gasteiger partial charge in [0.25, 0.3) is 0 Å². The van der Waals surface area contributed by atoms with Crippen LogP contribution >= 0.6 is 11.6 Å². The van der Waals surface area contributed by atoms with E-state index >= 15 is 4.39 Å². The van der Waals surface area contributed by atoms with Gasteiger partial charge in [-0.3, -0.25) is 0 Å². The Labute approximate surface area is 164 Å². The van der Waals surface area contributed by atoms with Crippen LogP contribution in [-0.2, 0) is 6.37 Å². The fourth-order valence-electron chi connectivity index (χ4n) is 2.67. The molecule has 0 bridgehead atoms. The second-order valence-electron chi connectivity index (χ2n) is 5.71. The highest BCUT2D eigenvalue weighted by molar-refractivity contribution is 6.30. The van der Waals surface area contributed by atoms with E-state index in [4.69, 9.17) is 24.8 Å². The molecular formula is C21H18ClFN2O2. The molecule has 0 saturated carbocycles. The summed E-state index contributed by atoms with van der Waals surface area (Å²) in [6.45, 7) is 0. The molecule has 2 amide bonds. The molecule has 0 aliphatic rings. The normalized spacial score (nSPS) is 12.1. The zero-order chi connectivity index (χ0) is 21.2. The number of primary amides is 1. The molecule has 0 atom stereocenters. The highest BCUT2D eigenvalue weighted by Crippen LogP contribution is 2.36. The van der Waals surface area contributed by atoms with E-state index in [2.05, 4.69) is 5.32 Å². The van der Waals surface area contributed by atoms with Gasteiger partial charge in [-0.25, -0.2) is 9.18 Å². The van der Waals surface area contributed by atoms with E-state index in [1.807, 2.05) is 0 Å². The minimum absolute atomic E-state index is 0.128. The number of benzene rings is 3. The van der Waals surface area contributed by atoms with Crippen molar-refractivity contribution in [2.24, 2.45) is 5.73 Å². The first-order chi connectivity index (χ1) is 13.7. The number of nitrogens with two attached hydrogens (primary N) is 1. The van der Waals surface area contributed by atoms with Gasteiger partial charge in [0.2, 0.25) is 0 Å². The predicted octanol–water partition coefficient (Wildman–Crippen LogP) is 5.24. The Bertz CT molecular complexity index is 1060. The molecule has 0 fully saturated rings. The lowest BCUT2D eigenvalue weighted by Crippen LogP contribution is -2.19. The van der Waals surface area contributed by atoms with Gasteiger partial charge in [-0.2, -0.15) is 0 Å². The second kappa shape index (κ2) is 8.10. The fraction of sp³-hybridized carbons (Fsp3) is 0.0952. The first-order valence-electron chi connectivity index (χ1n) is 9.04. The first kappa shape index (κ1) is 16.1. The summed E-state index contributed by atoms with van der Waals surface area (Å²) in [6.07, 6.45) is -2.14. The highest BCUT2D eigenvalue weighted by Gasteiger charge is 2.16. The monoisotopic (exact) mass is 386 g/mol. The molecule has 6 heteroatoms. The SMILES string of the molecule is [2H]C([2H])(c1ccc(NC(N)=O)cc1)c1ccc(OC)c(-c2cccc(Cl)c2)c1F.